The van der Waals surface area contributed by atoms with Crippen molar-refractivity contribution in [3.63, 3.8) is 0 Å². The average molecular weight is 639 g/mol. The second-order valence-electron chi connectivity index (χ2n) is 13.4. The molecule has 6 rings (SSSR count). The van der Waals surface area contributed by atoms with Crippen LogP contribution in [0.1, 0.15) is 67.7 Å². The Morgan fingerprint density at radius 2 is 1.68 bits per heavy atom. The highest BCUT2D eigenvalue weighted by Gasteiger charge is 2.55. The van der Waals surface area contributed by atoms with Crippen molar-refractivity contribution in [2.75, 3.05) is 32.7 Å². The maximum Gasteiger partial charge on any atom is 0.221 e. The molecule has 0 bridgehead atoms. The molecular formula is C37H49Cl2N3O2. The number of fused-ring (bicyclic) bond motifs is 2. The summed E-state index contributed by atoms with van der Waals surface area (Å²) in [6, 6.07) is 27.6. The minimum Gasteiger partial charge on any atom is -0.508 e. The number of likely N-dealkylation sites (tertiary alicyclic amines) is 1. The molecule has 0 spiro atoms. The quantitative estimate of drug-likeness (QED) is 0.267. The van der Waals surface area contributed by atoms with Crippen LogP contribution in [-0.2, 0) is 29.6 Å². The number of phenols is 1. The Morgan fingerprint density at radius 1 is 0.909 bits per heavy atom. The van der Waals surface area contributed by atoms with Gasteiger partial charge < -0.3 is 15.3 Å². The topological polar surface area (TPSA) is 55.8 Å². The van der Waals surface area contributed by atoms with Gasteiger partial charge in [-0.05, 0) is 97.8 Å². The molecule has 3 atom stereocenters. The number of nitrogens with one attached hydrogen (secondary N) is 1. The van der Waals surface area contributed by atoms with Crippen LogP contribution in [0.5, 0.6) is 5.75 Å². The third kappa shape index (κ3) is 7.62. The first-order valence-electron chi connectivity index (χ1n) is 16.1. The number of rotatable bonds is 9. The van der Waals surface area contributed by atoms with Crippen LogP contribution >= 0.6 is 24.8 Å². The lowest BCUT2D eigenvalue weighted by Crippen LogP contribution is -2.61. The zero-order valence-corrected chi connectivity index (χ0v) is 27.7. The lowest BCUT2D eigenvalue weighted by atomic mass is 9.50. The van der Waals surface area contributed by atoms with Gasteiger partial charge in [-0.2, -0.15) is 0 Å². The summed E-state index contributed by atoms with van der Waals surface area (Å²) in [5.74, 6) is 0.510. The van der Waals surface area contributed by atoms with E-state index in [1.54, 1.807) is 6.07 Å². The van der Waals surface area contributed by atoms with Gasteiger partial charge in [0.05, 0.1) is 0 Å². The maximum atomic E-state index is 13.2. The summed E-state index contributed by atoms with van der Waals surface area (Å²) in [5.41, 5.74) is 5.53. The molecule has 3 aromatic rings. The van der Waals surface area contributed by atoms with E-state index in [0.717, 1.165) is 77.8 Å². The normalized spacial score (nSPS) is 25.1. The number of benzene rings is 3. The van der Waals surface area contributed by atoms with Gasteiger partial charge >= 0.3 is 0 Å². The lowest BCUT2D eigenvalue weighted by molar-refractivity contribution is -0.123. The van der Waals surface area contributed by atoms with Crippen molar-refractivity contribution in [3.8, 4) is 5.75 Å². The number of aromatic hydroxyl groups is 1. The monoisotopic (exact) mass is 637 g/mol. The van der Waals surface area contributed by atoms with Crippen LogP contribution in [0.25, 0.3) is 0 Å². The third-order valence-electron chi connectivity index (χ3n) is 10.6. The molecule has 2 fully saturated rings. The molecule has 1 saturated carbocycles. The Morgan fingerprint density at radius 3 is 2.48 bits per heavy atom. The second kappa shape index (κ2) is 15.1. The van der Waals surface area contributed by atoms with Gasteiger partial charge in [0.1, 0.15) is 5.75 Å². The smallest absolute Gasteiger partial charge is 0.221 e. The van der Waals surface area contributed by atoms with E-state index in [9.17, 15) is 9.90 Å². The van der Waals surface area contributed by atoms with Gasteiger partial charge in [0.2, 0.25) is 5.91 Å². The number of amides is 1. The molecule has 5 nitrogen and oxygen atoms in total. The molecular weight excluding hydrogens is 589 g/mol. The highest BCUT2D eigenvalue weighted by Crippen LogP contribution is 2.57. The van der Waals surface area contributed by atoms with E-state index in [1.165, 1.54) is 28.7 Å². The van der Waals surface area contributed by atoms with Crippen LogP contribution in [-0.4, -0.2) is 59.6 Å². The van der Waals surface area contributed by atoms with Crippen LogP contribution in [0.4, 0.5) is 0 Å². The number of carbonyl (C=O) groups excluding carboxylic acids is 1. The van der Waals surface area contributed by atoms with Crippen LogP contribution in [0, 0.1) is 5.41 Å². The van der Waals surface area contributed by atoms with Gasteiger partial charge in [-0.25, -0.2) is 0 Å². The van der Waals surface area contributed by atoms with E-state index in [2.05, 4.69) is 82.7 Å². The predicted octanol–water partition coefficient (Wildman–Crippen LogP) is 6.94. The fourth-order valence-corrected chi connectivity index (χ4v) is 8.24. The van der Waals surface area contributed by atoms with Crippen LogP contribution < -0.4 is 5.32 Å². The molecule has 7 heteroatoms. The summed E-state index contributed by atoms with van der Waals surface area (Å²) in [5, 5.41) is 13.9. The van der Waals surface area contributed by atoms with E-state index < -0.39 is 0 Å². The Hall–Kier alpha value is -2.57. The van der Waals surface area contributed by atoms with Crippen molar-refractivity contribution in [1.82, 2.24) is 15.1 Å². The molecule has 2 N–H and O–H groups in total. The molecule has 0 unspecified atom stereocenters. The first-order chi connectivity index (χ1) is 20.4. The van der Waals surface area contributed by atoms with Crippen molar-refractivity contribution in [1.29, 1.82) is 0 Å². The molecule has 1 aliphatic carbocycles. The summed E-state index contributed by atoms with van der Waals surface area (Å²) in [6.07, 6.45) is 7.97. The largest absolute Gasteiger partial charge is 0.508 e. The highest BCUT2D eigenvalue weighted by atomic mass is 35.5. The molecule has 1 amide bonds. The van der Waals surface area contributed by atoms with E-state index in [0.29, 0.717) is 12.2 Å². The molecule has 3 aliphatic rings. The summed E-state index contributed by atoms with van der Waals surface area (Å²) < 4.78 is 0. The first kappa shape index (κ1) is 34.3. The number of piperidine rings is 1. The molecule has 0 radical (unpaired) electrons. The van der Waals surface area contributed by atoms with E-state index in [-0.39, 0.29) is 47.6 Å². The second-order valence-corrected chi connectivity index (χ2v) is 13.4. The number of nitrogens with zero attached hydrogens (tertiary/aromatic N) is 2. The van der Waals surface area contributed by atoms with Gasteiger partial charge in [-0.1, -0.05) is 73.7 Å². The summed E-state index contributed by atoms with van der Waals surface area (Å²) in [6.45, 7) is 8.46. The fourth-order valence-electron chi connectivity index (χ4n) is 8.24. The predicted molar refractivity (Wildman–Crippen MR) is 184 cm³/mol. The number of carbonyl (C=O) groups is 1. The van der Waals surface area contributed by atoms with E-state index in [1.807, 2.05) is 12.1 Å². The van der Waals surface area contributed by atoms with Crippen molar-refractivity contribution in [2.24, 2.45) is 5.41 Å². The number of hydrogen-bond donors (Lipinski definition) is 2. The molecule has 2 heterocycles. The molecule has 44 heavy (non-hydrogen) atoms. The van der Waals surface area contributed by atoms with E-state index in [4.69, 9.17) is 0 Å². The molecule has 0 aromatic heterocycles. The number of hydrogen-bond acceptors (Lipinski definition) is 4. The summed E-state index contributed by atoms with van der Waals surface area (Å²) in [7, 11) is 0. The van der Waals surface area contributed by atoms with Gasteiger partial charge in [0.15, 0.2) is 0 Å². The third-order valence-corrected chi connectivity index (χ3v) is 10.6. The van der Waals surface area contributed by atoms with Crippen LogP contribution in [0.3, 0.4) is 0 Å². The number of phenolic OH excluding ortho intramolecular Hbond substituents is 1. The lowest BCUT2D eigenvalue weighted by Gasteiger charge is -2.59. The Kier molecular flexibility index (Phi) is 11.8. The average Bonchev–Trinajstić information content (AvgIpc) is 3.00. The zero-order chi connectivity index (χ0) is 29.0. The van der Waals surface area contributed by atoms with Gasteiger partial charge in [-0.3, -0.25) is 9.69 Å². The zero-order valence-electron chi connectivity index (χ0n) is 26.0. The minimum absolute atomic E-state index is 0. The van der Waals surface area contributed by atoms with Gasteiger partial charge in [-0.15, -0.1) is 24.8 Å². The molecule has 1 saturated heterocycles. The molecule has 2 aliphatic heterocycles. The van der Waals surface area contributed by atoms with Crippen LogP contribution in [0.15, 0.2) is 78.9 Å². The Balaban J connectivity index is 0.00000221. The Labute approximate surface area is 276 Å². The fraction of sp³-hybridized carbons (Fsp3) is 0.486. The SMILES string of the molecule is C[C@]12CC[C@@H](NC(=O)CCN3CCc4ccccc4C3)C[C@@]1(c1cccc(O)c1)CCN(CCCc1ccccc1)C2.Cl.Cl. The van der Waals surface area contributed by atoms with Gasteiger partial charge in [0, 0.05) is 44.1 Å². The Bertz CT molecular complexity index is 1370. The van der Waals surface area contributed by atoms with E-state index >= 15 is 0 Å². The van der Waals surface area contributed by atoms with Crippen LogP contribution in [0.2, 0.25) is 0 Å². The minimum atomic E-state index is -0.0611. The van der Waals surface area contributed by atoms with Crippen molar-refractivity contribution >= 4 is 30.7 Å². The molecule has 3 aromatic carbocycles. The first-order valence-corrected chi connectivity index (χ1v) is 16.1. The van der Waals surface area contributed by atoms with Crippen molar-refractivity contribution in [3.05, 3.63) is 101 Å². The number of halogens is 2. The number of aryl methyl sites for hydroxylation is 1. The summed E-state index contributed by atoms with van der Waals surface area (Å²) in [4.78, 5) is 18.3. The van der Waals surface area contributed by atoms with Crippen molar-refractivity contribution < 1.29 is 9.90 Å². The maximum absolute atomic E-state index is 13.2. The highest BCUT2D eigenvalue weighted by molar-refractivity contribution is 5.85. The standard InChI is InChI=1S/C37H47N3O2.2ClH/c1-36-19-16-33(38-35(42)18-23-39-22-17-30-12-5-6-13-31(30)27-39)26-37(36,32-14-7-15-34(41)25-32)20-24-40(28-36)21-8-11-29-9-3-2-4-10-29;;/h2-7,9-10,12-15,25,33,41H,8,11,16-24,26-28H2,1H3,(H,38,42);2*1H/t33-,36-,37-;;/m1../s1. The molecule has 238 valence electrons. The summed E-state index contributed by atoms with van der Waals surface area (Å²) >= 11 is 0. The van der Waals surface area contributed by atoms with Crippen molar-refractivity contribution in [2.45, 2.75) is 76.3 Å². The van der Waals surface area contributed by atoms with Gasteiger partial charge in [0.25, 0.3) is 0 Å².